The lowest BCUT2D eigenvalue weighted by Gasteiger charge is -2.04. The molecule has 0 radical (unpaired) electrons. The minimum atomic E-state index is -4.03. The fraction of sp³-hybridized carbons (Fsp3) is 0. The first-order valence-corrected chi connectivity index (χ1v) is 9.26. The molecule has 1 aromatic heterocycles. The van der Waals surface area contributed by atoms with Gasteiger partial charge in [-0.3, -0.25) is 0 Å². The molecular formula is C14H7Cl3N2O3S. The van der Waals surface area contributed by atoms with E-state index in [-0.39, 0.29) is 26.4 Å². The molecule has 2 aromatic carbocycles. The summed E-state index contributed by atoms with van der Waals surface area (Å²) < 4.78 is 28.3. The van der Waals surface area contributed by atoms with E-state index >= 15 is 0 Å². The van der Waals surface area contributed by atoms with Gasteiger partial charge < -0.3 is 4.52 Å². The molecule has 0 aliphatic carbocycles. The van der Waals surface area contributed by atoms with Gasteiger partial charge in [0.15, 0.2) is 0 Å². The van der Waals surface area contributed by atoms with Crippen molar-refractivity contribution in [1.29, 1.82) is 0 Å². The molecule has 3 rings (SSSR count). The number of halogens is 3. The molecule has 0 spiro atoms. The molecule has 0 unspecified atom stereocenters. The third-order valence-corrected chi connectivity index (χ3v) is 5.07. The molecule has 5 nitrogen and oxygen atoms in total. The summed E-state index contributed by atoms with van der Waals surface area (Å²) in [6.07, 6.45) is 0. The van der Waals surface area contributed by atoms with Gasteiger partial charge in [0, 0.05) is 16.2 Å². The van der Waals surface area contributed by atoms with Gasteiger partial charge in [0.2, 0.25) is 5.82 Å². The summed E-state index contributed by atoms with van der Waals surface area (Å²) in [6.45, 7) is 0. The lowest BCUT2D eigenvalue weighted by atomic mass is 10.2. The summed E-state index contributed by atoms with van der Waals surface area (Å²) in [6, 6.07) is 11.6. The minimum Gasteiger partial charge on any atom is -0.334 e. The molecule has 118 valence electrons. The molecule has 0 aliphatic rings. The van der Waals surface area contributed by atoms with E-state index in [9.17, 15) is 8.42 Å². The first-order chi connectivity index (χ1) is 10.9. The van der Waals surface area contributed by atoms with Crippen molar-refractivity contribution in [3.8, 4) is 22.8 Å². The van der Waals surface area contributed by atoms with Gasteiger partial charge in [0.1, 0.15) is 4.90 Å². The predicted octanol–water partition coefficient (Wildman–Crippen LogP) is 4.64. The van der Waals surface area contributed by atoms with Crippen molar-refractivity contribution in [3.05, 3.63) is 52.5 Å². The van der Waals surface area contributed by atoms with Gasteiger partial charge in [-0.1, -0.05) is 58.7 Å². The molecule has 23 heavy (non-hydrogen) atoms. The number of rotatable bonds is 3. The molecule has 0 fully saturated rings. The Balaban J connectivity index is 2.11. The normalized spacial score (nSPS) is 11.6. The molecule has 0 amide bonds. The van der Waals surface area contributed by atoms with E-state index < -0.39 is 9.05 Å². The Bertz CT molecular complexity index is 972. The van der Waals surface area contributed by atoms with Gasteiger partial charge in [0.05, 0.1) is 15.6 Å². The van der Waals surface area contributed by atoms with Crippen molar-refractivity contribution in [2.75, 3.05) is 0 Å². The topological polar surface area (TPSA) is 73.1 Å². The second-order valence-electron chi connectivity index (χ2n) is 4.49. The highest BCUT2D eigenvalue weighted by Gasteiger charge is 2.21. The van der Waals surface area contributed by atoms with Crippen molar-refractivity contribution >= 4 is 42.9 Å². The van der Waals surface area contributed by atoms with E-state index in [1.165, 1.54) is 12.1 Å². The Hall–Kier alpha value is -1.60. The quantitative estimate of drug-likeness (QED) is 0.610. The third-order valence-electron chi connectivity index (χ3n) is 2.97. The third kappa shape index (κ3) is 3.35. The van der Waals surface area contributed by atoms with E-state index in [1.807, 2.05) is 30.3 Å². The van der Waals surface area contributed by atoms with Crippen molar-refractivity contribution < 1.29 is 12.9 Å². The SMILES string of the molecule is O=S(=O)(Cl)c1cc(-c2nc(-c3ccccc3)no2)c(Cl)cc1Cl. The monoisotopic (exact) mass is 388 g/mol. The first-order valence-electron chi connectivity index (χ1n) is 6.19. The molecule has 1 heterocycles. The maximum atomic E-state index is 11.5. The van der Waals surface area contributed by atoms with E-state index in [1.54, 1.807) is 0 Å². The smallest absolute Gasteiger partial charge is 0.262 e. The zero-order valence-electron chi connectivity index (χ0n) is 11.2. The first kappa shape index (κ1) is 16.3. The fourth-order valence-electron chi connectivity index (χ4n) is 1.92. The summed E-state index contributed by atoms with van der Waals surface area (Å²) in [7, 11) is 1.32. The molecule has 0 aliphatic heterocycles. The van der Waals surface area contributed by atoms with Gasteiger partial charge in [-0.25, -0.2) is 8.42 Å². The number of benzene rings is 2. The summed E-state index contributed by atoms with van der Waals surface area (Å²) in [4.78, 5) is 3.94. The van der Waals surface area contributed by atoms with Crippen LogP contribution in [0.25, 0.3) is 22.8 Å². The summed E-state index contributed by atoms with van der Waals surface area (Å²) in [5, 5.41) is 3.94. The highest BCUT2D eigenvalue weighted by atomic mass is 35.7. The van der Waals surface area contributed by atoms with Crippen LogP contribution < -0.4 is 0 Å². The van der Waals surface area contributed by atoms with Crippen molar-refractivity contribution in [1.82, 2.24) is 10.1 Å². The summed E-state index contributed by atoms with van der Waals surface area (Å²) in [5.41, 5.74) is 0.975. The summed E-state index contributed by atoms with van der Waals surface area (Å²) in [5.74, 6) is 0.411. The Kier molecular flexibility index (Phi) is 4.33. The number of aromatic nitrogens is 2. The number of nitrogens with zero attached hydrogens (tertiary/aromatic N) is 2. The van der Waals surface area contributed by atoms with Gasteiger partial charge in [-0.05, 0) is 12.1 Å². The van der Waals surface area contributed by atoms with Gasteiger partial charge >= 0.3 is 0 Å². The number of hydrogen-bond donors (Lipinski definition) is 0. The van der Waals surface area contributed by atoms with Crippen LogP contribution in [0.3, 0.4) is 0 Å². The Morgan fingerprint density at radius 2 is 1.70 bits per heavy atom. The lowest BCUT2D eigenvalue weighted by Crippen LogP contribution is -1.94. The van der Waals surface area contributed by atoms with E-state index in [0.717, 1.165) is 5.56 Å². The van der Waals surface area contributed by atoms with Crippen LogP contribution in [0.2, 0.25) is 10.0 Å². The highest BCUT2D eigenvalue weighted by Crippen LogP contribution is 2.36. The Morgan fingerprint density at radius 1 is 1.00 bits per heavy atom. The average Bonchev–Trinajstić information content (AvgIpc) is 2.96. The van der Waals surface area contributed by atoms with Crippen LogP contribution in [0.4, 0.5) is 0 Å². The van der Waals surface area contributed by atoms with Crippen LogP contribution in [0.1, 0.15) is 0 Å². The van der Waals surface area contributed by atoms with Crippen LogP contribution in [0.5, 0.6) is 0 Å². The maximum absolute atomic E-state index is 11.5. The van der Waals surface area contributed by atoms with Crippen LogP contribution >= 0.6 is 33.9 Å². The Morgan fingerprint density at radius 3 is 2.35 bits per heavy atom. The zero-order chi connectivity index (χ0) is 16.6. The molecule has 3 aromatic rings. The molecular weight excluding hydrogens is 383 g/mol. The van der Waals surface area contributed by atoms with Gasteiger partial charge in [0.25, 0.3) is 14.9 Å². The zero-order valence-corrected chi connectivity index (χ0v) is 14.3. The molecule has 0 N–H and O–H groups in total. The predicted molar refractivity (Wildman–Crippen MR) is 88.2 cm³/mol. The van der Waals surface area contributed by atoms with Crippen LogP contribution in [-0.2, 0) is 9.05 Å². The fourth-order valence-corrected chi connectivity index (χ4v) is 3.74. The van der Waals surface area contributed by atoms with Crippen molar-refractivity contribution in [2.24, 2.45) is 0 Å². The lowest BCUT2D eigenvalue weighted by molar-refractivity contribution is 0.432. The average molecular weight is 390 g/mol. The van der Waals surface area contributed by atoms with Crippen molar-refractivity contribution in [2.45, 2.75) is 4.90 Å². The molecule has 0 bridgehead atoms. The standard InChI is InChI=1S/C14H7Cl3N2O3S/c15-10-7-11(16)12(23(17,20)21)6-9(10)14-18-13(19-22-14)8-4-2-1-3-5-8/h1-7H. The van der Waals surface area contributed by atoms with E-state index in [2.05, 4.69) is 10.1 Å². The summed E-state index contributed by atoms with van der Waals surface area (Å²) >= 11 is 12.0. The number of hydrogen-bond acceptors (Lipinski definition) is 5. The van der Waals surface area contributed by atoms with Crippen LogP contribution in [-0.4, -0.2) is 18.6 Å². The largest absolute Gasteiger partial charge is 0.334 e. The van der Waals surface area contributed by atoms with E-state index in [4.69, 9.17) is 38.4 Å². The van der Waals surface area contributed by atoms with Crippen molar-refractivity contribution in [3.63, 3.8) is 0 Å². The molecule has 0 saturated carbocycles. The second-order valence-corrected chi connectivity index (χ2v) is 7.84. The highest BCUT2D eigenvalue weighted by molar-refractivity contribution is 8.13. The minimum absolute atomic E-state index is 0.0621. The van der Waals surface area contributed by atoms with Crippen LogP contribution in [0, 0.1) is 0 Å². The molecule has 0 saturated heterocycles. The molecule has 0 atom stereocenters. The Labute approximate surface area is 146 Å². The molecule has 9 heteroatoms. The second kappa shape index (κ2) is 6.13. The van der Waals surface area contributed by atoms with Gasteiger partial charge in [-0.2, -0.15) is 4.98 Å². The van der Waals surface area contributed by atoms with Gasteiger partial charge in [-0.15, -0.1) is 0 Å². The maximum Gasteiger partial charge on any atom is 0.262 e. The van der Waals surface area contributed by atoms with Crippen LogP contribution in [0.15, 0.2) is 51.9 Å². The van der Waals surface area contributed by atoms with E-state index in [0.29, 0.717) is 5.82 Å².